The van der Waals surface area contributed by atoms with Crippen LogP contribution in [0, 0.1) is 5.92 Å². The number of pyridine rings is 2. The van der Waals surface area contributed by atoms with Gasteiger partial charge in [-0.05, 0) is 36.6 Å². The molecule has 0 saturated carbocycles. The molecule has 2 aromatic heterocycles. The Morgan fingerprint density at radius 3 is 2.56 bits per heavy atom. The first-order chi connectivity index (χ1) is 12.1. The second-order valence-corrected chi connectivity index (χ2v) is 6.25. The molecule has 6 nitrogen and oxygen atoms in total. The van der Waals surface area contributed by atoms with Gasteiger partial charge in [-0.25, -0.2) is 0 Å². The van der Waals surface area contributed by atoms with E-state index in [1.807, 2.05) is 24.3 Å². The standard InChI is InChI=1S/C19H22N4O2/c1-14(24)23-11-6-16(7-12-23)19(25)22-13-17-3-2-8-21-18(17)15-4-9-20-10-5-15/h2-5,8-10,16H,6-7,11-13H2,1H3,(H,22,25). The molecule has 25 heavy (non-hydrogen) atoms. The van der Waals surface area contributed by atoms with Gasteiger partial charge in [0.15, 0.2) is 0 Å². The van der Waals surface area contributed by atoms with E-state index in [0.29, 0.717) is 19.6 Å². The minimum Gasteiger partial charge on any atom is -0.352 e. The molecule has 0 spiro atoms. The molecule has 130 valence electrons. The number of aromatic nitrogens is 2. The van der Waals surface area contributed by atoms with Crippen molar-refractivity contribution in [1.82, 2.24) is 20.2 Å². The molecule has 0 bridgehead atoms. The van der Waals surface area contributed by atoms with Gasteiger partial charge in [0.2, 0.25) is 11.8 Å². The number of carbonyl (C=O) groups is 2. The molecule has 1 saturated heterocycles. The van der Waals surface area contributed by atoms with Crippen LogP contribution in [0.3, 0.4) is 0 Å². The molecule has 0 atom stereocenters. The van der Waals surface area contributed by atoms with E-state index in [4.69, 9.17) is 0 Å². The molecule has 3 rings (SSSR count). The second-order valence-electron chi connectivity index (χ2n) is 6.25. The number of nitrogens with one attached hydrogen (secondary N) is 1. The van der Waals surface area contributed by atoms with Crippen molar-refractivity contribution >= 4 is 11.8 Å². The van der Waals surface area contributed by atoms with E-state index in [9.17, 15) is 9.59 Å². The quantitative estimate of drug-likeness (QED) is 0.925. The molecule has 1 fully saturated rings. The van der Waals surface area contributed by atoms with E-state index in [2.05, 4.69) is 15.3 Å². The molecule has 0 radical (unpaired) electrons. The number of amides is 2. The van der Waals surface area contributed by atoms with Crippen LogP contribution in [-0.2, 0) is 16.1 Å². The summed E-state index contributed by atoms with van der Waals surface area (Å²) in [7, 11) is 0. The Kier molecular flexibility index (Phi) is 5.38. The van der Waals surface area contributed by atoms with Crippen molar-refractivity contribution in [2.75, 3.05) is 13.1 Å². The van der Waals surface area contributed by atoms with Gasteiger partial charge in [-0.2, -0.15) is 0 Å². The van der Waals surface area contributed by atoms with Crippen LogP contribution in [-0.4, -0.2) is 39.8 Å². The number of hydrogen-bond acceptors (Lipinski definition) is 4. The molecule has 1 aliphatic heterocycles. The summed E-state index contributed by atoms with van der Waals surface area (Å²) in [5.74, 6) is 0.0978. The zero-order valence-electron chi connectivity index (χ0n) is 14.3. The number of rotatable bonds is 4. The predicted octanol–water partition coefficient (Wildman–Crippen LogP) is 2.02. The lowest BCUT2D eigenvalue weighted by atomic mass is 9.95. The van der Waals surface area contributed by atoms with Crippen molar-refractivity contribution in [3.05, 3.63) is 48.4 Å². The highest BCUT2D eigenvalue weighted by Gasteiger charge is 2.25. The van der Waals surface area contributed by atoms with Crippen molar-refractivity contribution in [3.63, 3.8) is 0 Å². The highest BCUT2D eigenvalue weighted by Crippen LogP contribution is 2.21. The molecule has 1 aliphatic rings. The van der Waals surface area contributed by atoms with Crippen molar-refractivity contribution in [1.29, 1.82) is 0 Å². The first kappa shape index (κ1) is 17.1. The summed E-state index contributed by atoms with van der Waals surface area (Å²) < 4.78 is 0. The zero-order valence-corrected chi connectivity index (χ0v) is 14.3. The molecule has 1 N–H and O–H groups in total. The third-order valence-corrected chi connectivity index (χ3v) is 4.61. The number of piperidine rings is 1. The lowest BCUT2D eigenvalue weighted by Crippen LogP contribution is -2.42. The van der Waals surface area contributed by atoms with Crippen LogP contribution in [0.15, 0.2) is 42.9 Å². The Morgan fingerprint density at radius 1 is 1.16 bits per heavy atom. The van der Waals surface area contributed by atoms with Gasteiger partial charge in [-0.1, -0.05) is 6.07 Å². The van der Waals surface area contributed by atoms with Gasteiger partial charge >= 0.3 is 0 Å². The minimum atomic E-state index is -0.0309. The summed E-state index contributed by atoms with van der Waals surface area (Å²) >= 11 is 0. The van der Waals surface area contributed by atoms with Gasteiger partial charge in [0.1, 0.15) is 0 Å². The first-order valence-electron chi connectivity index (χ1n) is 8.52. The maximum atomic E-state index is 12.5. The Labute approximate surface area is 147 Å². The maximum absolute atomic E-state index is 12.5. The molecule has 0 unspecified atom stereocenters. The fourth-order valence-electron chi connectivity index (χ4n) is 3.13. The van der Waals surface area contributed by atoms with Crippen LogP contribution < -0.4 is 5.32 Å². The topological polar surface area (TPSA) is 75.2 Å². The molecular weight excluding hydrogens is 316 g/mol. The van der Waals surface area contributed by atoms with E-state index in [1.165, 1.54) is 0 Å². The maximum Gasteiger partial charge on any atom is 0.223 e. The molecule has 0 aliphatic carbocycles. The Morgan fingerprint density at radius 2 is 1.88 bits per heavy atom. The zero-order chi connectivity index (χ0) is 17.6. The summed E-state index contributed by atoms with van der Waals surface area (Å²) in [5, 5.41) is 3.02. The SMILES string of the molecule is CC(=O)N1CCC(C(=O)NCc2cccnc2-c2ccncc2)CC1. The van der Waals surface area contributed by atoms with Crippen LogP contribution in [0.2, 0.25) is 0 Å². The second kappa shape index (κ2) is 7.88. The third-order valence-electron chi connectivity index (χ3n) is 4.61. The highest BCUT2D eigenvalue weighted by molar-refractivity contribution is 5.79. The normalized spacial score (nSPS) is 15.0. The van der Waals surface area contributed by atoms with Crippen LogP contribution in [0.1, 0.15) is 25.3 Å². The van der Waals surface area contributed by atoms with Crippen LogP contribution in [0.4, 0.5) is 0 Å². The molecular formula is C19H22N4O2. The van der Waals surface area contributed by atoms with Gasteiger partial charge in [-0.15, -0.1) is 0 Å². The number of likely N-dealkylation sites (tertiary alicyclic amines) is 1. The molecule has 0 aromatic carbocycles. The Balaban J connectivity index is 1.61. The highest BCUT2D eigenvalue weighted by atomic mass is 16.2. The van der Waals surface area contributed by atoms with E-state index in [-0.39, 0.29) is 17.7 Å². The molecule has 2 aromatic rings. The fourth-order valence-corrected chi connectivity index (χ4v) is 3.13. The average molecular weight is 338 g/mol. The lowest BCUT2D eigenvalue weighted by Gasteiger charge is -2.30. The van der Waals surface area contributed by atoms with Gasteiger partial charge in [-0.3, -0.25) is 19.6 Å². The van der Waals surface area contributed by atoms with Gasteiger partial charge < -0.3 is 10.2 Å². The van der Waals surface area contributed by atoms with Crippen LogP contribution in [0.5, 0.6) is 0 Å². The summed E-state index contributed by atoms with van der Waals surface area (Å²) in [6.45, 7) is 3.33. The number of nitrogens with zero attached hydrogens (tertiary/aromatic N) is 3. The van der Waals surface area contributed by atoms with E-state index >= 15 is 0 Å². The molecule has 3 heterocycles. The molecule has 6 heteroatoms. The summed E-state index contributed by atoms with van der Waals surface area (Å²) in [6.07, 6.45) is 6.65. The van der Waals surface area contributed by atoms with Crippen LogP contribution >= 0.6 is 0 Å². The fraction of sp³-hybridized carbons (Fsp3) is 0.368. The summed E-state index contributed by atoms with van der Waals surface area (Å²) in [6, 6.07) is 7.66. The minimum absolute atomic E-state index is 0.0309. The summed E-state index contributed by atoms with van der Waals surface area (Å²) in [5.41, 5.74) is 2.81. The molecule has 2 amide bonds. The van der Waals surface area contributed by atoms with E-state index in [1.54, 1.807) is 30.4 Å². The Hall–Kier alpha value is -2.76. The number of carbonyl (C=O) groups excluding carboxylic acids is 2. The lowest BCUT2D eigenvalue weighted by molar-refractivity contribution is -0.134. The average Bonchev–Trinajstić information content (AvgIpc) is 2.67. The number of hydrogen-bond donors (Lipinski definition) is 1. The van der Waals surface area contributed by atoms with Crippen molar-refractivity contribution in [2.45, 2.75) is 26.3 Å². The largest absolute Gasteiger partial charge is 0.352 e. The first-order valence-corrected chi connectivity index (χ1v) is 8.52. The van der Waals surface area contributed by atoms with Crippen LogP contribution in [0.25, 0.3) is 11.3 Å². The third kappa shape index (κ3) is 4.21. The van der Waals surface area contributed by atoms with Gasteiger partial charge in [0.25, 0.3) is 0 Å². The summed E-state index contributed by atoms with van der Waals surface area (Å²) in [4.78, 5) is 34.1. The predicted molar refractivity (Wildman–Crippen MR) is 94.3 cm³/mol. The van der Waals surface area contributed by atoms with Crippen molar-refractivity contribution in [3.8, 4) is 11.3 Å². The van der Waals surface area contributed by atoms with Crippen molar-refractivity contribution in [2.24, 2.45) is 5.92 Å². The smallest absolute Gasteiger partial charge is 0.223 e. The van der Waals surface area contributed by atoms with E-state index < -0.39 is 0 Å². The van der Waals surface area contributed by atoms with Gasteiger partial charge in [0.05, 0.1) is 5.69 Å². The van der Waals surface area contributed by atoms with E-state index in [0.717, 1.165) is 29.7 Å². The Bertz CT molecular complexity index is 740. The van der Waals surface area contributed by atoms with Gasteiger partial charge in [0, 0.05) is 56.6 Å². The van der Waals surface area contributed by atoms with Crippen molar-refractivity contribution < 1.29 is 9.59 Å². The monoisotopic (exact) mass is 338 g/mol.